The van der Waals surface area contributed by atoms with E-state index in [1.54, 1.807) is 6.07 Å². The highest BCUT2D eigenvalue weighted by atomic mass is 19.4. The number of aromatic nitrogens is 1. The van der Waals surface area contributed by atoms with Crippen LogP contribution >= 0.6 is 0 Å². The fourth-order valence-electron chi connectivity index (χ4n) is 1.45. The topological polar surface area (TPSA) is 34.1 Å². The standard InChI is InChI=1S/C13H19F3N2O/c1-4-7-17-9(2)12-6-5-11(8-18-12)19-10(3)13(14,15)16/h5-6,8-10,17H,4,7H2,1-3H3. The van der Waals surface area contributed by atoms with Crippen LogP contribution in [0.1, 0.15) is 38.9 Å². The van der Waals surface area contributed by atoms with Crippen LogP contribution in [0.5, 0.6) is 5.75 Å². The molecule has 0 aliphatic heterocycles. The second-order valence-electron chi connectivity index (χ2n) is 4.40. The highest BCUT2D eigenvalue weighted by Crippen LogP contribution is 2.24. The summed E-state index contributed by atoms with van der Waals surface area (Å²) in [5, 5.41) is 3.25. The van der Waals surface area contributed by atoms with Crippen molar-refractivity contribution in [2.75, 3.05) is 6.54 Å². The van der Waals surface area contributed by atoms with Crippen molar-refractivity contribution in [1.82, 2.24) is 10.3 Å². The highest BCUT2D eigenvalue weighted by Gasteiger charge is 2.38. The summed E-state index contributed by atoms with van der Waals surface area (Å²) >= 11 is 0. The maximum absolute atomic E-state index is 12.3. The Morgan fingerprint density at radius 3 is 2.47 bits per heavy atom. The van der Waals surface area contributed by atoms with Gasteiger partial charge in [-0.15, -0.1) is 0 Å². The molecule has 0 aliphatic carbocycles. The Hall–Kier alpha value is -1.30. The number of rotatable bonds is 6. The molecule has 0 fully saturated rings. The smallest absolute Gasteiger partial charge is 0.425 e. The van der Waals surface area contributed by atoms with E-state index in [-0.39, 0.29) is 11.8 Å². The Morgan fingerprint density at radius 1 is 1.32 bits per heavy atom. The van der Waals surface area contributed by atoms with Crippen molar-refractivity contribution in [3.8, 4) is 5.75 Å². The van der Waals surface area contributed by atoms with Crippen LogP contribution in [0.3, 0.4) is 0 Å². The Bertz CT molecular complexity index is 378. The van der Waals surface area contributed by atoms with Crippen LogP contribution in [0, 0.1) is 0 Å². The van der Waals surface area contributed by atoms with Crippen LogP contribution in [-0.4, -0.2) is 23.8 Å². The summed E-state index contributed by atoms with van der Waals surface area (Å²) in [6.45, 7) is 5.85. The van der Waals surface area contributed by atoms with E-state index < -0.39 is 12.3 Å². The van der Waals surface area contributed by atoms with Crippen LogP contribution in [-0.2, 0) is 0 Å². The molecule has 1 rings (SSSR count). The van der Waals surface area contributed by atoms with Gasteiger partial charge in [-0.05, 0) is 38.9 Å². The molecule has 0 aromatic carbocycles. The number of hydrogen-bond acceptors (Lipinski definition) is 3. The Kier molecular flexibility index (Phi) is 5.60. The van der Waals surface area contributed by atoms with Gasteiger partial charge in [-0.25, -0.2) is 0 Å². The first-order valence-electron chi connectivity index (χ1n) is 6.27. The third-order valence-electron chi connectivity index (χ3n) is 2.68. The zero-order valence-electron chi connectivity index (χ0n) is 11.3. The Balaban J connectivity index is 2.61. The first-order valence-corrected chi connectivity index (χ1v) is 6.27. The lowest BCUT2D eigenvalue weighted by atomic mass is 10.2. The lowest BCUT2D eigenvalue weighted by Gasteiger charge is -2.18. The van der Waals surface area contributed by atoms with E-state index >= 15 is 0 Å². The predicted octanol–water partition coefficient (Wildman–Crippen LogP) is 3.47. The predicted molar refractivity (Wildman–Crippen MR) is 67.1 cm³/mol. The number of alkyl halides is 3. The molecule has 0 saturated carbocycles. The van der Waals surface area contributed by atoms with Gasteiger partial charge < -0.3 is 10.1 Å². The molecule has 6 heteroatoms. The molecule has 19 heavy (non-hydrogen) atoms. The molecule has 1 aromatic heterocycles. The van der Waals surface area contributed by atoms with Crippen molar-refractivity contribution in [1.29, 1.82) is 0 Å². The molecule has 1 heterocycles. The minimum atomic E-state index is -4.37. The molecule has 1 N–H and O–H groups in total. The van der Waals surface area contributed by atoms with Gasteiger partial charge in [0.15, 0.2) is 6.10 Å². The summed E-state index contributed by atoms with van der Waals surface area (Å²) < 4.78 is 41.8. The van der Waals surface area contributed by atoms with Crippen LogP contribution < -0.4 is 10.1 Å². The van der Waals surface area contributed by atoms with E-state index in [1.807, 2.05) is 6.92 Å². The zero-order valence-corrected chi connectivity index (χ0v) is 11.3. The summed E-state index contributed by atoms with van der Waals surface area (Å²) in [5.74, 6) is 0.122. The Labute approximate surface area is 111 Å². The molecule has 1 aromatic rings. The molecular formula is C13H19F3N2O. The fourth-order valence-corrected chi connectivity index (χ4v) is 1.45. The second-order valence-corrected chi connectivity index (χ2v) is 4.40. The quantitative estimate of drug-likeness (QED) is 0.863. The van der Waals surface area contributed by atoms with E-state index in [9.17, 15) is 13.2 Å². The molecule has 0 bridgehead atoms. The van der Waals surface area contributed by atoms with E-state index in [4.69, 9.17) is 4.74 Å². The first kappa shape index (κ1) is 15.8. The lowest BCUT2D eigenvalue weighted by molar-refractivity contribution is -0.189. The van der Waals surface area contributed by atoms with E-state index in [0.29, 0.717) is 0 Å². The normalized spacial score (nSPS) is 15.1. The van der Waals surface area contributed by atoms with Gasteiger partial charge in [0, 0.05) is 6.04 Å². The van der Waals surface area contributed by atoms with Crippen LogP contribution in [0.25, 0.3) is 0 Å². The molecule has 0 aliphatic rings. The molecule has 3 nitrogen and oxygen atoms in total. The van der Waals surface area contributed by atoms with E-state index in [1.165, 1.54) is 12.3 Å². The van der Waals surface area contributed by atoms with Gasteiger partial charge in [0.25, 0.3) is 0 Å². The number of halogens is 3. The molecule has 0 spiro atoms. The van der Waals surface area contributed by atoms with Gasteiger partial charge in [0.1, 0.15) is 5.75 Å². The van der Waals surface area contributed by atoms with Crippen molar-refractivity contribution < 1.29 is 17.9 Å². The van der Waals surface area contributed by atoms with Gasteiger partial charge in [-0.2, -0.15) is 13.2 Å². The summed E-state index contributed by atoms with van der Waals surface area (Å²) in [4.78, 5) is 4.11. The van der Waals surface area contributed by atoms with E-state index in [0.717, 1.165) is 25.6 Å². The summed E-state index contributed by atoms with van der Waals surface area (Å²) in [6.07, 6.45) is -3.87. The van der Waals surface area contributed by atoms with Gasteiger partial charge in [-0.3, -0.25) is 4.98 Å². The average molecular weight is 276 g/mol. The van der Waals surface area contributed by atoms with E-state index in [2.05, 4.69) is 17.2 Å². The lowest BCUT2D eigenvalue weighted by Crippen LogP contribution is -2.31. The zero-order chi connectivity index (χ0) is 14.5. The summed E-state index contributed by atoms with van der Waals surface area (Å²) in [5.41, 5.74) is 0.778. The number of hydrogen-bond donors (Lipinski definition) is 1. The van der Waals surface area contributed by atoms with Crippen molar-refractivity contribution >= 4 is 0 Å². The molecule has 2 unspecified atom stereocenters. The average Bonchev–Trinajstić information content (AvgIpc) is 2.35. The largest absolute Gasteiger partial charge is 0.480 e. The van der Waals surface area contributed by atoms with Crippen molar-refractivity contribution in [3.63, 3.8) is 0 Å². The summed E-state index contributed by atoms with van der Waals surface area (Å²) in [7, 11) is 0. The van der Waals surface area contributed by atoms with Crippen LogP contribution in [0.15, 0.2) is 18.3 Å². The molecule has 0 radical (unpaired) electrons. The molecule has 0 amide bonds. The van der Waals surface area contributed by atoms with Crippen molar-refractivity contribution in [2.24, 2.45) is 0 Å². The molecule has 2 atom stereocenters. The summed E-state index contributed by atoms with van der Waals surface area (Å²) in [6, 6.07) is 3.24. The SMILES string of the molecule is CCCNC(C)c1ccc(OC(C)C(F)(F)F)cn1. The second kappa shape index (κ2) is 6.75. The van der Waals surface area contributed by atoms with Gasteiger partial charge in [-0.1, -0.05) is 6.92 Å². The Morgan fingerprint density at radius 2 is 2.00 bits per heavy atom. The van der Waals surface area contributed by atoms with Crippen molar-refractivity contribution in [3.05, 3.63) is 24.0 Å². The highest BCUT2D eigenvalue weighted by molar-refractivity contribution is 5.21. The first-order chi connectivity index (χ1) is 8.84. The number of pyridine rings is 1. The number of nitrogens with one attached hydrogen (secondary N) is 1. The maximum atomic E-state index is 12.3. The number of ether oxygens (including phenoxy) is 1. The monoisotopic (exact) mass is 276 g/mol. The molecule has 108 valence electrons. The third-order valence-corrected chi connectivity index (χ3v) is 2.68. The van der Waals surface area contributed by atoms with Gasteiger partial charge >= 0.3 is 6.18 Å². The molecular weight excluding hydrogens is 257 g/mol. The van der Waals surface area contributed by atoms with Gasteiger partial charge in [0.2, 0.25) is 0 Å². The van der Waals surface area contributed by atoms with Crippen LogP contribution in [0.4, 0.5) is 13.2 Å². The minimum absolute atomic E-state index is 0.0639. The van der Waals surface area contributed by atoms with Crippen molar-refractivity contribution in [2.45, 2.75) is 45.5 Å². The number of nitrogens with zero attached hydrogens (tertiary/aromatic N) is 1. The minimum Gasteiger partial charge on any atom is -0.480 e. The molecule has 0 saturated heterocycles. The maximum Gasteiger partial charge on any atom is 0.425 e. The van der Waals surface area contributed by atoms with Gasteiger partial charge in [0.05, 0.1) is 11.9 Å². The fraction of sp³-hybridized carbons (Fsp3) is 0.615. The third kappa shape index (κ3) is 5.06. The van der Waals surface area contributed by atoms with Crippen LogP contribution in [0.2, 0.25) is 0 Å².